The van der Waals surface area contributed by atoms with Crippen molar-refractivity contribution in [2.75, 3.05) is 12.4 Å². The molecule has 0 spiro atoms. The fourth-order valence-corrected chi connectivity index (χ4v) is 2.91. The standard InChI is InChI=1S/C17H25NO2/c1-3-4-5-6-7-8-10-14-13-11-9-12-15(20-2)16(13)18-17(14)19/h9,11-12,14H,3-8,10H2,1-2H3,(H,18,19). The molecule has 0 saturated heterocycles. The zero-order valence-corrected chi connectivity index (χ0v) is 12.6. The van der Waals surface area contributed by atoms with Crippen LogP contribution in [-0.4, -0.2) is 13.0 Å². The van der Waals surface area contributed by atoms with Crippen LogP contribution in [0.2, 0.25) is 0 Å². The number of methoxy groups -OCH3 is 1. The molecule has 0 saturated carbocycles. The molecule has 1 atom stereocenters. The molecule has 1 aromatic rings. The monoisotopic (exact) mass is 275 g/mol. The summed E-state index contributed by atoms with van der Waals surface area (Å²) in [6.07, 6.45) is 8.49. The summed E-state index contributed by atoms with van der Waals surface area (Å²) < 4.78 is 5.31. The number of anilines is 1. The van der Waals surface area contributed by atoms with Gasteiger partial charge in [-0.15, -0.1) is 0 Å². The number of hydrogen-bond donors (Lipinski definition) is 1. The van der Waals surface area contributed by atoms with E-state index >= 15 is 0 Å². The Hall–Kier alpha value is -1.51. The number of amides is 1. The van der Waals surface area contributed by atoms with E-state index in [1.807, 2.05) is 18.2 Å². The molecule has 1 aliphatic rings. The zero-order valence-electron chi connectivity index (χ0n) is 12.6. The first-order valence-electron chi connectivity index (χ1n) is 7.75. The third kappa shape index (κ3) is 3.33. The van der Waals surface area contributed by atoms with E-state index in [1.54, 1.807) is 7.11 Å². The smallest absolute Gasteiger partial charge is 0.232 e. The van der Waals surface area contributed by atoms with Gasteiger partial charge in [0.05, 0.1) is 18.7 Å². The minimum Gasteiger partial charge on any atom is -0.495 e. The van der Waals surface area contributed by atoms with E-state index in [9.17, 15) is 4.79 Å². The second-order valence-electron chi connectivity index (χ2n) is 5.52. The number of benzene rings is 1. The van der Waals surface area contributed by atoms with E-state index in [0.717, 1.165) is 29.8 Å². The topological polar surface area (TPSA) is 38.3 Å². The van der Waals surface area contributed by atoms with Gasteiger partial charge in [-0.05, 0) is 18.1 Å². The molecule has 0 radical (unpaired) electrons. The van der Waals surface area contributed by atoms with Crippen LogP contribution >= 0.6 is 0 Å². The molecule has 1 heterocycles. The van der Waals surface area contributed by atoms with Crippen LogP contribution in [0, 0.1) is 0 Å². The molecular weight excluding hydrogens is 250 g/mol. The number of hydrogen-bond acceptors (Lipinski definition) is 2. The Labute approximate surface area is 121 Å². The molecular formula is C17H25NO2. The van der Waals surface area contributed by atoms with Crippen LogP contribution in [0.25, 0.3) is 0 Å². The summed E-state index contributed by atoms with van der Waals surface area (Å²) >= 11 is 0. The van der Waals surface area contributed by atoms with Gasteiger partial charge in [0.25, 0.3) is 0 Å². The van der Waals surface area contributed by atoms with Gasteiger partial charge in [0, 0.05) is 0 Å². The molecule has 1 N–H and O–H groups in total. The van der Waals surface area contributed by atoms with Crippen LogP contribution in [0.15, 0.2) is 18.2 Å². The maximum atomic E-state index is 12.1. The number of carbonyl (C=O) groups is 1. The summed E-state index contributed by atoms with van der Waals surface area (Å²) in [6, 6.07) is 5.90. The van der Waals surface area contributed by atoms with Crippen LogP contribution in [0.4, 0.5) is 5.69 Å². The highest BCUT2D eigenvalue weighted by atomic mass is 16.5. The summed E-state index contributed by atoms with van der Waals surface area (Å²) in [7, 11) is 1.64. The highest BCUT2D eigenvalue weighted by Gasteiger charge is 2.31. The second kappa shape index (κ2) is 7.32. The molecule has 2 rings (SSSR count). The fourth-order valence-electron chi connectivity index (χ4n) is 2.91. The Kier molecular flexibility index (Phi) is 5.45. The molecule has 110 valence electrons. The van der Waals surface area contributed by atoms with Gasteiger partial charge >= 0.3 is 0 Å². The van der Waals surface area contributed by atoms with E-state index in [4.69, 9.17) is 4.74 Å². The van der Waals surface area contributed by atoms with Crippen molar-refractivity contribution < 1.29 is 9.53 Å². The van der Waals surface area contributed by atoms with Gasteiger partial charge in [-0.1, -0.05) is 57.6 Å². The molecule has 0 bridgehead atoms. The molecule has 1 amide bonds. The third-order valence-corrected chi connectivity index (χ3v) is 4.06. The van der Waals surface area contributed by atoms with Crippen molar-refractivity contribution in [1.29, 1.82) is 0 Å². The fraction of sp³-hybridized carbons (Fsp3) is 0.588. The number of ether oxygens (including phenoxy) is 1. The number of rotatable bonds is 8. The van der Waals surface area contributed by atoms with Crippen LogP contribution < -0.4 is 10.1 Å². The zero-order chi connectivity index (χ0) is 14.4. The van der Waals surface area contributed by atoms with Crippen molar-refractivity contribution in [2.24, 2.45) is 0 Å². The van der Waals surface area contributed by atoms with E-state index < -0.39 is 0 Å². The van der Waals surface area contributed by atoms with E-state index in [1.165, 1.54) is 32.1 Å². The van der Waals surface area contributed by atoms with Gasteiger partial charge < -0.3 is 10.1 Å². The first-order chi connectivity index (χ1) is 9.77. The van der Waals surface area contributed by atoms with Crippen LogP contribution in [-0.2, 0) is 4.79 Å². The van der Waals surface area contributed by atoms with E-state index in [0.29, 0.717) is 0 Å². The van der Waals surface area contributed by atoms with Crippen molar-refractivity contribution in [1.82, 2.24) is 0 Å². The summed E-state index contributed by atoms with van der Waals surface area (Å²) in [6.45, 7) is 2.23. The van der Waals surface area contributed by atoms with E-state index in [2.05, 4.69) is 12.2 Å². The van der Waals surface area contributed by atoms with E-state index in [-0.39, 0.29) is 11.8 Å². The van der Waals surface area contributed by atoms with Gasteiger partial charge in [0.1, 0.15) is 5.75 Å². The molecule has 3 heteroatoms. The molecule has 3 nitrogen and oxygen atoms in total. The average molecular weight is 275 g/mol. The highest BCUT2D eigenvalue weighted by molar-refractivity contribution is 6.04. The summed E-state index contributed by atoms with van der Waals surface area (Å²) in [4.78, 5) is 12.1. The Morgan fingerprint density at radius 3 is 2.65 bits per heavy atom. The summed E-state index contributed by atoms with van der Waals surface area (Å²) in [5, 5.41) is 2.96. The Morgan fingerprint density at radius 2 is 1.90 bits per heavy atom. The molecule has 1 aromatic carbocycles. The maximum absolute atomic E-state index is 12.1. The Balaban J connectivity index is 1.89. The van der Waals surface area contributed by atoms with Gasteiger partial charge in [-0.2, -0.15) is 0 Å². The number of fused-ring (bicyclic) bond motifs is 1. The van der Waals surface area contributed by atoms with Gasteiger partial charge in [0.15, 0.2) is 0 Å². The lowest BCUT2D eigenvalue weighted by Crippen LogP contribution is -2.12. The summed E-state index contributed by atoms with van der Waals surface area (Å²) in [5.74, 6) is 0.894. The maximum Gasteiger partial charge on any atom is 0.232 e. The van der Waals surface area contributed by atoms with Gasteiger partial charge in [-0.25, -0.2) is 0 Å². The van der Waals surface area contributed by atoms with Crippen LogP contribution in [0.5, 0.6) is 5.75 Å². The normalized spacial score (nSPS) is 16.9. The van der Waals surface area contributed by atoms with Crippen molar-refractivity contribution >= 4 is 11.6 Å². The average Bonchev–Trinajstić information content (AvgIpc) is 2.78. The number of unbranched alkanes of at least 4 members (excludes halogenated alkanes) is 5. The van der Waals surface area contributed by atoms with Crippen molar-refractivity contribution in [3.05, 3.63) is 23.8 Å². The second-order valence-corrected chi connectivity index (χ2v) is 5.52. The molecule has 0 aliphatic carbocycles. The quantitative estimate of drug-likeness (QED) is 0.710. The largest absolute Gasteiger partial charge is 0.495 e. The van der Waals surface area contributed by atoms with Crippen molar-refractivity contribution in [3.63, 3.8) is 0 Å². The lowest BCUT2D eigenvalue weighted by atomic mass is 9.94. The Bertz CT molecular complexity index is 456. The van der Waals surface area contributed by atoms with Crippen LogP contribution in [0.1, 0.15) is 63.4 Å². The lowest BCUT2D eigenvalue weighted by Gasteiger charge is -2.09. The number of nitrogens with one attached hydrogen (secondary N) is 1. The first-order valence-corrected chi connectivity index (χ1v) is 7.75. The van der Waals surface area contributed by atoms with Crippen LogP contribution in [0.3, 0.4) is 0 Å². The molecule has 20 heavy (non-hydrogen) atoms. The lowest BCUT2D eigenvalue weighted by molar-refractivity contribution is -0.117. The molecule has 1 unspecified atom stereocenters. The molecule has 1 aliphatic heterocycles. The minimum absolute atomic E-state index is 0.00581. The first kappa shape index (κ1) is 14.9. The van der Waals surface area contributed by atoms with Crippen molar-refractivity contribution in [2.45, 2.75) is 57.8 Å². The SMILES string of the molecule is CCCCCCCCC1C(=O)Nc2c(OC)cccc21. The predicted molar refractivity (Wildman–Crippen MR) is 82.4 cm³/mol. The van der Waals surface area contributed by atoms with Crippen molar-refractivity contribution in [3.8, 4) is 5.75 Å². The predicted octanol–water partition coefficient (Wildman–Crippen LogP) is 4.48. The summed E-state index contributed by atoms with van der Waals surface area (Å²) in [5.41, 5.74) is 1.97. The van der Waals surface area contributed by atoms with Gasteiger partial charge in [0.2, 0.25) is 5.91 Å². The molecule has 0 fully saturated rings. The number of carbonyl (C=O) groups excluding carboxylic acids is 1. The highest BCUT2D eigenvalue weighted by Crippen LogP contribution is 2.41. The Morgan fingerprint density at radius 1 is 1.15 bits per heavy atom. The third-order valence-electron chi connectivity index (χ3n) is 4.06. The number of para-hydroxylation sites is 1. The minimum atomic E-state index is 0.00581. The molecule has 0 aromatic heterocycles. The van der Waals surface area contributed by atoms with Gasteiger partial charge in [-0.3, -0.25) is 4.79 Å².